The van der Waals surface area contributed by atoms with Crippen LogP contribution in [0.25, 0.3) is 0 Å². The molecule has 0 N–H and O–H groups in total. The van der Waals surface area contributed by atoms with Crippen LogP contribution in [0.4, 0.5) is 0 Å². The zero-order chi connectivity index (χ0) is 13.6. The zero-order valence-electron chi connectivity index (χ0n) is 12.2. The van der Waals surface area contributed by atoms with Gasteiger partial charge in [-0.05, 0) is 68.3 Å². The first-order chi connectivity index (χ1) is 9.73. The maximum Gasteiger partial charge on any atom is 0.139 e. The van der Waals surface area contributed by atoms with Crippen LogP contribution in [-0.4, -0.2) is 5.78 Å². The van der Waals surface area contributed by atoms with Gasteiger partial charge in [0.2, 0.25) is 0 Å². The lowest BCUT2D eigenvalue weighted by atomic mass is 9.48. The molecule has 0 saturated heterocycles. The minimum atomic E-state index is 0.101. The molecule has 4 saturated carbocycles. The molecule has 4 aliphatic carbocycles. The Labute approximate surface area is 121 Å². The minimum Gasteiger partial charge on any atom is -0.299 e. The summed E-state index contributed by atoms with van der Waals surface area (Å²) >= 11 is 0. The number of ketones is 1. The average Bonchev–Trinajstić information content (AvgIpc) is 2.44. The molecule has 0 heterocycles. The normalized spacial score (nSPS) is 38.1. The largest absolute Gasteiger partial charge is 0.299 e. The monoisotopic (exact) mass is 268 g/mol. The van der Waals surface area contributed by atoms with Gasteiger partial charge in [-0.2, -0.15) is 0 Å². The molecule has 1 aromatic rings. The Morgan fingerprint density at radius 3 is 2.05 bits per heavy atom. The summed E-state index contributed by atoms with van der Waals surface area (Å²) in [6.07, 6.45) is 9.60. The fourth-order valence-corrected chi connectivity index (χ4v) is 5.62. The van der Waals surface area contributed by atoms with E-state index in [0.717, 1.165) is 30.6 Å². The highest BCUT2D eigenvalue weighted by Crippen LogP contribution is 2.60. The SMILES string of the molecule is O=C(CCc1ccccc1)C12CC3CC(CC(C3)C1)C2. The van der Waals surface area contributed by atoms with Gasteiger partial charge in [0.15, 0.2) is 0 Å². The predicted molar refractivity (Wildman–Crippen MR) is 80.4 cm³/mol. The van der Waals surface area contributed by atoms with Crippen molar-refractivity contribution in [1.29, 1.82) is 0 Å². The van der Waals surface area contributed by atoms with E-state index in [-0.39, 0.29) is 5.41 Å². The van der Waals surface area contributed by atoms with Gasteiger partial charge in [-0.3, -0.25) is 4.79 Å². The van der Waals surface area contributed by atoms with Crippen molar-refractivity contribution in [2.45, 2.75) is 51.4 Å². The van der Waals surface area contributed by atoms with Crippen molar-refractivity contribution in [2.24, 2.45) is 23.2 Å². The summed E-state index contributed by atoms with van der Waals surface area (Å²) in [7, 11) is 0. The van der Waals surface area contributed by atoms with E-state index in [1.807, 2.05) is 6.07 Å². The van der Waals surface area contributed by atoms with Crippen LogP contribution in [0.15, 0.2) is 30.3 Å². The van der Waals surface area contributed by atoms with Crippen LogP contribution >= 0.6 is 0 Å². The van der Waals surface area contributed by atoms with Crippen molar-refractivity contribution in [3.05, 3.63) is 35.9 Å². The second kappa shape index (κ2) is 4.72. The quantitative estimate of drug-likeness (QED) is 0.790. The Bertz CT molecular complexity index is 466. The molecule has 1 aromatic carbocycles. The van der Waals surface area contributed by atoms with Crippen LogP contribution in [0, 0.1) is 23.2 Å². The van der Waals surface area contributed by atoms with Crippen molar-refractivity contribution < 1.29 is 4.79 Å². The molecular formula is C19H24O. The fourth-order valence-electron chi connectivity index (χ4n) is 5.62. The molecule has 0 unspecified atom stereocenters. The number of carbonyl (C=O) groups is 1. The summed E-state index contributed by atoms with van der Waals surface area (Å²) in [4.78, 5) is 12.9. The van der Waals surface area contributed by atoms with Crippen molar-refractivity contribution >= 4 is 5.78 Å². The van der Waals surface area contributed by atoms with Gasteiger partial charge >= 0.3 is 0 Å². The molecule has 0 amide bonds. The lowest BCUT2D eigenvalue weighted by molar-refractivity contribution is -0.143. The van der Waals surface area contributed by atoms with Gasteiger partial charge in [0, 0.05) is 11.8 Å². The smallest absolute Gasteiger partial charge is 0.139 e. The Morgan fingerprint density at radius 1 is 0.950 bits per heavy atom. The number of hydrogen-bond acceptors (Lipinski definition) is 1. The number of carbonyl (C=O) groups excluding carboxylic acids is 1. The lowest BCUT2D eigenvalue weighted by Crippen LogP contribution is -2.50. The summed E-state index contributed by atoms with van der Waals surface area (Å²) in [6.45, 7) is 0. The molecule has 20 heavy (non-hydrogen) atoms. The van der Waals surface area contributed by atoms with E-state index in [4.69, 9.17) is 0 Å². The molecule has 0 aromatic heterocycles. The summed E-state index contributed by atoms with van der Waals surface area (Å²) in [5.74, 6) is 3.21. The van der Waals surface area contributed by atoms with E-state index in [2.05, 4.69) is 24.3 Å². The number of rotatable bonds is 4. The van der Waals surface area contributed by atoms with Crippen molar-refractivity contribution in [3.8, 4) is 0 Å². The van der Waals surface area contributed by atoms with Crippen LogP contribution in [0.1, 0.15) is 50.5 Å². The maximum absolute atomic E-state index is 12.9. The lowest BCUT2D eigenvalue weighted by Gasteiger charge is -2.56. The van der Waals surface area contributed by atoms with E-state index in [9.17, 15) is 4.79 Å². The van der Waals surface area contributed by atoms with Crippen LogP contribution in [0.5, 0.6) is 0 Å². The maximum atomic E-state index is 12.9. The third kappa shape index (κ3) is 2.12. The van der Waals surface area contributed by atoms with Gasteiger partial charge < -0.3 is 0 Å². The summed E-state index contributed by atoms with van der Waals surface area (Å²) in [6, 6.07) is 10.5. The summed E-state index contributed by atoms with van der Waals surface area (Å²) in [5, 5.41) is 0. The van der Waals surface area contributed by atoms with Crippen molar-refractivity contribution in [1.82, 2.24) is 0 Å². The zero-order valence-corrected chi connectivity index (χ0v) is 12.2. The van der Waals surface area contributed by atoms with Gasteiger partial charge in [-0.15, -0.1) is 0 Å². The highest BCUT2D eigenvalue weighted by atomic mass is 16.1. The molecule has 1 nitrogen and oxygen atoms in total. The van der Waals surface area contributed by atoms with Crippen LogP contribution in [0.3, 0.4) is 0 Å². The first kappa shape index (κ1) is 12.6. The number of hydrogen-bond donors (Lipinski definition) is 0. The second-order valence-corrected chi connectivity index (χ2v) is 7.61. The van der Waals surface area contributed by atoms with E-state index < -0.39 is 0 Å². The van der Waals surface area contributed by atoms with E-state index in [0.29, 0.717) is 5.78 Å². The number of benzene rings is 1. The standard InChI is InChI=1S/C19H24O/c20-18(7-6-14-4-2-1-3-5-14)19-11-15-8-16(12-19)10-17(9-15)13-19/h1-5,15-17H,6-13H2. The summed E-state index contributed by atoms with van der Waals surface area (Å²) in [5.41, 5.74) is 1.41. The molecule has 1 heteroatoms. The Hall–Kier alpha value is -1.11. The average molecular weight is 268 g/mol. The van der Waals surface area contributed by atoms with Gasteiger partial charge in [0.05, 0.1) is 0 Å². The third-order valence-corrected chi connectivity index (χ3v) is 6.11. The Kier molecular flexibility index (Phi) is 2.98. The molecule has 4 fully saturated rings. The molecule has 0 atom stereocenters. The Balaban J connectivity index is 1.46. The number of aryl methyl sites for hydroxylation is 1. The van der Waals surface area contributed by atoms with E-state index in [1.165, 1.54) is 44.1 Å². The van der Waals surface area contributed by atoms with Crippen LogP contribution in [0.2, 0.25) is 0 Å². The second-order valence-electron chi connectivity index (χ2n) is 7.61. The molecule has 4 aliphatic rings. The van der Waals surface area contributed by atoms with Crippen molar-refractivity contribution in [2.75, 3.05) is 0 Å². The fraction of sp³-hybridized carbons (Fsp3) is 0.632. The molecular weight excluding hydrogens is 244 g/mol. The topological polar surface area (TPSA) is 17.1 Å². The molecule has 0 aliphatic heterocycles. The molecule has 106 valence electrons. The highest BCUT2D eigenvalue weighted by Gasteiger charge is 2.53. The van der Waals surface area contributed by atoms with Crippen LogP contribution < -0.4 is 0 Å². The van der Waals surface area contributed by atoms with Gasteiger partial charge in [-0.25, -0.2) is 0 Å². The van der Waals surface area contributed by atoms with Gasteiger partial charge in [0.25, 0.3) is 0 Å². The molecule has 0 spiro atoms. The summed E-state index contributed by atoms with van der Waals surface area (Å²) < 4.78 is 0. The van der Waals surface area contributed by atoms with Gasteiger partial charge in [-0.1, -0.05) is 30.3 Å². The molecule has 4 bridgehead atoms. The third-order valence-electron chi connectivity index (χ3n) is 6.11. The molecule has 5 rings (SSSR count). The van der Waals surface area contributed by atoms with Crippen molar-refractivity contribution in [3.63, 3.8) is 0 Å². The number of Topliss-reactive ketones (excluding diaryl/α,β-unsaturated/α-hetero) is 1. The molecule has 0 radical (unpaired) electrons. The minimum absolute atomic E-state index is 0.101. The first-order valence-corrected chi connectivity index (χ1v) is 8.31. The van der Waals surface area contributed by atoms with E-state index in [1.54, 1.807) is 0 Å². The first-order valence-electron chi connectivity index (χ1n) is 8.31. The van der Waals surface area contributed by atoms with E-state index >= 15 is 0 Å². The highest BCUT2D eigenvalue weighted by molar-refractivity contribution is 5.85. The Morgan fingerprint density at radius 2 is 1.50 bits per heavy atom. The van der Waals surface area contributed by atoms with Gasteiger partial charge in [0.1, 0.15) is 5.78 Å². The predicted octanol–water partition coefficient (Wildman–Crippen LogP) is 4.40. The van der Waals surface area contributed by atoms with Crippen LogP contribution in [-0.2, 0) is 11.2 Å².